The number of aliphatic hydroxyl groups is 2. The van der Waals surface area contributed by atoms with E-state index in [1.165, 1.54) is 5.56 Å². The first-order valence-electron chi connectivity index (χ1n) is 14.8. The highest BCUT2D eigenvalue weighted by Crippen LogP contribution is 2.42. The zero-order valence-electron chi connectivity index (χ0n) is 25.4. The summed E-state index contributed by atoms with van der Waals surface area (Å²) >= 11 is 0. The molecule has 1 heterocycles. The third-order valence-electron chi connectivity index (χ3n) is 8.57. The molecule has 0 aromatic heterocycles. The summed E-state index contributed by atoms with van der Waals surface area (Å²) in [6, 6.07) is 28.5. The van der Waals surface area contributed by atoms with Gasteiger partial charge in [0.2, 0.25) is 0 Å². The van der Waals surface area contributed by atoms with Crippen molar-refractivity contribution in [3.8, 4) is 0 Å². The average molecular weight is 598 g/mol. The van der Waals surface area contributed by atoms with Crippen LogP contribution in [0.3, 0.4) is 0 Å². The van der Waals surface area contributed by atoms with E-state index in [1.807, 2.05) is 86.6 Å². The molecule has 0 amide bonds. The number of piperidine rings is 1. The number of rotatable bonds is 12. The Labute approximate surface area is 251 Å². The summed E-state index contributed by atoms with van der Waals surface area (Å²) < 4.78 is 15.9. The van der Waals surface area contributed by atoms with Crippen LogP contribution >= 0.6 is 7.82 Å². The van der Waals surface area contributed by atoms with Crippen molar-refractivity contribution in [1.82, 2.24) is 4.90 Å². The van der Waals surface area contributed by atoms with Gasteiger partial charge in [0.25, 0.3) is 0 Å². The van der Waals surface area contributed by atoms with E-state index in [9.17, 15) is 9.67 Å². The Balaban J connectivity index is 0.00000237. The smallest absolute Gasteiger partial charge is 0.400 e. The van der Waals surface area contributed by atoms with E-state index in [0.717, 1.165) is 69.1 Å². The molecule has 0 spiro atoms. The van der Waals surface area contributed by atoms with Crippen molar-refractivity contribution >= 4 is 7.82 Å². The fourth-order valence-corrected chi connectivity index (χ4v) is 6.47. The van der Waals surface area contributed by atoms with E-state index in [-0.39, 0.29) is 12.5 Å². The van der Waals surface area contributed by atoms with Crippen LogP contribution in [-0.4, -0.2) is 58.3 Å². The Kier molecular flexibility index (Phi) is 12.5. The lowest BCUT2D eigenvalue weighted by Gasteiger charge is -2.42. The van der Waals surface area contributed by atoms with E-state index >= 15 is 0 Å². The number of nitrogens with zero attached hydrogens (tertiary/aromatic N) is 1. The lowest BCUT2D eigenvalue weighted by Crippen LogP contribution is -2.44. The van der Waals surface area contributed by atoms with Gasteiger partial charge < -0.3 is 24.9 Å². The molecule has 1 aliphatic heterocycles. The highest BCUT2D eigenvalue weighted by Gasteiger charge is 2.41. The van der Waals surface area contributed by atoms with Crippen LogP contribution in [-0.2, 0) is 20.1 Å². The van der Waals surface area contributed by atoms with Gasteiger partial charge in [-0.05, 0) is 79.4 Å². The molecule has 3 aromatic carbocycles. The first-order valence-corrected chi connectivity index (χ1v) is 16.3. The molecule has 7 nitrogen and oxygen atoms in total. The van der Waals surface area contributed by atoms with Crippen LogP contribution in [0.1, 0.15) is 74.6 Å². The van der Waals surface area contributed by atoms with E-state index in [0.29, 0.717) is 5.92 Å². The van der Waals surface area contributed by atoms with Gasteiger partial charge in [-0.1, -0.05) is 106 Å². The SMILES string of the molecule is CC(CCCN1CCC(C(O)(c2ccccc2)c2ccccc2)CC1)c1ccc(C(C)(C)COP(=O)(O)O)cc1.CO. The van der Waals surface area contributed by atoms with Crippen molar-refractivity contribution in [1.29, 1.82) is 0 Å². The Morgan fingerprint density at radius 1 is 0.857 bits per heavy atom. The molecule has 0 bridgehead atoms. The van der Waals surface area contributed by atoms with Gasteiger partial charge in [0, 0.05) is 12.5 Å². The highest BCUT2D eigenvalue weighted by molar-refractivity contribution is 7.46. The van der Waals surface area contributed by atoms with Crippen LogP contribution in [0.5, 0.6) is 0 Å². The second-order valence-corrected chi connectivity index (χ2v) is 13.2. The Morgan fingerprint density at radius 3 is 1.83 bits per heavy atom. The number of hydrogen-bond donors (Lipinski definition) is 4. The molecule has 0 radical (unpaired) electrons. The van der Waals surface area contributed by atoms with Gasteiger partial charge in [-0.3, -0.25) is 4.52 Å². The van der Waals surface area contributed by atoms with E-state index in [2.05, 4.69) is 24.0 Å². The first kappa shape index (κ1) is 34.1. The molecule has 0 saturated carbocycles. The fraction of sp³-hybridized carbons (Fsp3) is 0.471. The summed E-state index contributed by atoms with van der Waals surface area (Å²) in [6.07, 6.45) is 4.11. The van der Waals surface area contributed by atoms with Gasteiger partial charge in [-0.2, -0.15) is 0 Å². The zero-order chi connectivity index (χ0) is 30.8. The second-order valence-electron chi connectivity index (χ2n) is 11.9. The molecule has 1 fully saturated rings. The molecule has 1 atom stereocenters. The van der Waals surface area contributed by atoms with Crippen molar-refractivity contribution in [3.05, 3.63) is 107 Å². The van der Waals surface area contributed by atoms with Crippen molar-refractivity contribution < 1.29 is 29.1 Å². The van der Waals surface area contributed by atoms with Crippen LogP contribution < -0.4 is 0 Å². The normalized spacial score (nSPS) is 16.0. The largest absolute Gasteiger partial charge is 0.469 e. The van der Waals surface area contributed by atoms with Crippen LogP contribution in [0.25, 0.3) is 0 Å². The zero-order valence-corrected chi connectivity index (χ0v) is 26.3. The monoisotopic (exact) mass is 597 g/mol. The third kappa shape index (κ3) is 9.08. The minimum Gasteiger partial charge on any atom is -0.400 e. The molecule has 0 aliphatic carbocycles. The quantitative estimate of drug-likeness (QED) is 0.184. The maximum absolute atomic E-state index is 12.1. The second kappa shape index (κ2) is 15.4. The fourth-order valence-electron chi connectivity index (χ4n) is 5.98. The van der Waals surface area contributed by atoms with Crippen molar-refractivity contribution in [2.75, 3.05) is 33.4 Å². The molecule has 42 heavy (non-hydrogen) atoms. The molecule has 3 aromatic rings. The summed E-state index contributed by atoms with van der Waals surface area (Å²) in [7, 11) is -3.49. The lowest BCUT2D eigenvalue weighted by atomic mass is 9.72. The van der Waals surface area contributed by atoms with Crippen molar-refractivity contribution in [2.24, 2.45) is 5.92 Å². The predicted octanol–water partition coefficient (Wildman–Crippen LogP) is 6.21. The first-order chi connectivity index (χ1) is 20.0. The van der Waals surface area contributed by atoms with E-state index < -0.39 is 18.8 Å². The van der Waals surface area contributed by atoms with Gasteiger partial charge in [0.15, 0.2) is 0 Å². The molecule has 4 N–H and O–H groups in total. The van der Waals surface area contributed by atoms with Crippen molar-refractivity contribution in [3.63, 3.8) is 0 Å². The summed E-state index contributed by atoms with van der Waals surface area (Å²) in [5, 5.41) is 19.1. The summed E-state index contributed by atoms with van der Waals surface area (Å²) in [5.74, 6) is 0.588. The number of phosphoric acid groups is 1. The van der Waals surface area contributed by atoms with Gasteiger partial charge >= 0.3 is 7.82 Å². The van der Waals surface area contributed by atoms with E-state index in [1.54, 1.807) is 0 Å². The van der Waals surface area contributed by atoms with Crippen LogP contribution in [0.15, 0.2) is 84.9 Å². The minimum atomic E-state index is -4.49. The number of likely N-dealkylation sites (tertiary alicyclic amines) is 1. The molecule has 4 rings (SSSR count). The Hall–Kier alpha value is -2.35. The topological polar surface area (TPSA) is 110 Å². The van der Waals surface area contributed by atoms with Crippen LogP contribution in [0.2, 0.25) is 0 Å². The Bertz CT molecular complexity index is 1200. The van der Waals surface area contributed by atoms with Crippen LogP contribution in [0.4, 0.5) is 0 Å². The molecular weight excluding hydrogens is 549 g/mol. The minimum absolute atomic E-state index is 0.0447. The molecule has 1 unspecified atom stereocenters. The third-order valence-corrected chi connectivity index (χ3v) is 9.04. The van der Waals surface area contributed by atoms with Gasteiger partial charge in [0.05, 0.1) is 6.61 Å². The van der Waals surface area contributed by atoms with Gasteiger partial charge in [0.1, 0.15) is 5.60 Å². The number of phosphoric ester groups is 1. The summed E-state index contributed by atoms with van der Waals surface area (Å²) in [6.45, 7) is 9.08. The number of hydrogen-bond acceptors (Lipinski definition) is 5. The van der Waals surface area contributed by atoms with Gasteiger partial charge in [-0.15, -0.1) is 0 Å². The maximum Gasteiger partial charge on any atom is 0.469 e. The highest BCUT2D eigenvalue weighted by atomic mass is 31.2. The molecule has 1 aliphatic rings. The molecule has 8 heteroatoms. The average Bonchev–Trinajstić information content (AvgIpc) is 3.01. The molecular formula is C34H48NO6P. The standard InChI is InChI=1S/C33H44NO5P.CH4O/c1-26(27-16-18-28(19-17-27)32(2,3)25-39-40(36,37)38)11-10-22-34-23-20-31(21-24-34)33(35,29-12-6-4-7-13-29)30-14-8-5-9-15-30;1-2/h4-9,12-19,26,31,35H,10-11,20-25H2,1-3H3,(H2,36,37,38);2H,1H3. The number of aliphatic hydroxyl groups excluding tert-OH is 1. The van der Waals surface area contributed by atoms with E-state index in [4.69, 9.17) is 19.4 Å². The van der Waals surface area contributed by atoms with Gasteiger partial charge in [-0.25, -0.2) is 4.57 Å². The summed E-state index contributed by atoms with van der Waals surface area (Å²) in [4.78, 5) is 20.6. The summed E-state index contributed by atoms with van der Waals surface area (Å²) in [5.41, 5.74) is 2.72. The molecule has 230 valence electrons. The Morgan fingerprint density at radius 2 is 1.36 bits per heavy atom. The van der Waals surface area contributed by atoms with Crippen LogP contribution in [0, 0.1) is 5.92 Å². The van der Waals surface area contributed by atoms with Crippen molar-refractivity contribution in [2.45, 2.75) is 63.4 Å². The number of benzene rings is 3. The maximum atomic E-state index is 12.1. The lowest BCUT2D eigenvalue weighted by molar-refractivity contribution is -0.0143. The predicted molar refractivity (Wildman–Crippen MR) is 168 cm³/mol. The molecule has 1 saturated heterocycles.